The van der Waals surface area contributed by atoms with Gasteiger partial charge in [0.15, 0.2) is 5.16 Å². The van der Waals surface area contributed by atoms with Gasteiger partial charge in [0.25, 0.3) is 0 Å². The zero-order valence-electron chi connectivity index (χ0n) is 10.4. The number of aryl methyl sites for hydroxylation is 2. The summed E-state index contributed by atoms with van der Waals surface area (Å²) in [5.74, 6) is 0. The Balaban J connectivity index is 1.96. The van der Waals surface area contributed by atoms with Crippen LogP contribution in [0.3, 0.4) is 0 Å². The van der Waals surface area contributed by atoms with Gasteiger partial charge in [-0.05, 0) is 37.6 Å². The Morgan fingerprint density at radius 1 is 1.06 bits per heavy atom. The largest absolute Gasteiger partial charge is 0.333 e. The lowest BCUT2D eigenvalue weighted by molar-refractivity contribution is 1.08. The maximum Gasteiger partial charge on any atom is 0.171 e. The number of aromatic amines is 1. The van der Waals surface area contributed by atoms with Crippen LogP contribution in [-0.4, -0.2) is 9.97 Å². The zero-order chi connectivity index (χ0) is 12.5. The molecular weight excluding hydrogens is 240 g/mol. The van der Waals surface area contributed by atoms with Gasteiger partial charge >= 0.3 is 0 Å². The SMILES string of the molecule is Cc1ccc(Sc2nc3ccccc3[nH]2)c(C)c1. The number of nitrogens with one attached hydrogen (secondary N) is 1. The van der Waals surface area contributed by atoms with E-state index in [1.807, 2.05) is 24.3 Å². The third kappa shape index (κ3) is 2.14. The van der Waals surface area contributed by atoms with Crippen molar-refractivity contribution in [3.05, 3.63) is 53.6 Å². The summed E-state index contributed by atoms with van der Waals surface area (Å²) in [6, 6.07) is 14.6. The van der Waals surface area contributed by atoms with Crippen LogP contribution in [0, 0.1) is 13.8 Å². The summed E-state index contributed by atoms with van der Waals surface area (Å²) >= 11 is 1.68. The number of rotatable bonds is 2. The van der Waals surface area contributed by atoms with E-state index in [9.17, 15) is 0 Å². The molecule has 3 heteroatoms. The van der Waals surface area contributed by atoms with Gasteiger partial charge in [0.05, 0.1) is 11.0 Å². The summed E-state index contributed by atoms with van der Waals surface area (Å²) < 4.78 is 0. The van der Waals surface area contributed by atoms with Crippen molar-refractivity contribution in [1.82, 2.24) is 9.97 Å². The molecule has 0 unspecified atom stereocenters. The van der Waals surface area contributed by atoms with E-state index in [4.69, 9.17) is 0 Å². The fourth-order valence-corrected chi connectivity index (χ4v) is 2.87. The van der Waals surface area contributed by atoms with Gasteiger partial charge in [-0.3, -0.25) is 0 Å². The van der Waals surface area contributed by atoms with Crippen LogP contribution in [0.5, 0.6) is 0 Å². The first-order valence-corrected chi connectivity index (χ1v) is 6.74. The van der Waals surface area contributed by atoms with Crippen molar-refractivity contribution in [2.24, 2.45) is 0 Å². The molecule has 90 valence electrons. The third-order valence-corrected chi connectivity index (χ3v) is 3.97. The molecule has 18 heavy (non-hydrogen) atoms. The van der Waals surface area contributed by atoms with Crippen LogP contribution >= 0.6 is 11.8 Å². The van der Waals surface area contributed by atoms with Crippen molar-refractivity contribution >= 4 is 22.8 Å². The van der Waals surface area contributed by atoms with E-state index < -0.39 is 0 Å². The van der Waals surface area contributed by atoms with Gasteiger partial charge in [0.2, 0.25) is 0 Å². The average molecular weight is 254 g/mol. The maximum absolute atomic E-state index is 4.58. The van der Waals surface area contributed by atoms with E-state index in [1.54, 1.807) is 11.8 Å². The molecule has 1 N–H and O–H groups in total. The molecule has 3 rings (SSSR count). The topological polar surface area (TPSA) is 28.7 Å². The number of benzene rings is 2. The van der Waals surface area contributed by atoms with Crippen molar-refractivity contribution in [3.63, 3.8) is 0 Å². The molecule has 2 aromatic carbocycles. The average Bonchev–Trinajstić information content (AvgIpc) is 2.75. The fourth-order valence-electron chi connectivity index (χ4n) is 2.00. The summed E-state index contributed by atoms with van der Waals surface area (Å²) in [6.07, 6.45) is 0. The third-order valence-electron chi connectivity index (χ3n) is 2.90. The van der Waals surface area contributed by atoms with Gasteiger partial charge in [-0.1, -0.05) is 41.6 Å². The van der Waals surface area contributed by atoms with Crippen molar-refractivity contribution in [1.29, 1.82) is 0 Å². The van der Waals surface area contributed by atoms with Gasteiger partial charge in [-0.2, -0.15) is 0 Å². The molecule has 0 aliphatic heterocycles. The first-order chi connectivity index (χ1) is 8.72. The van der Waals surface area contributed by atoms with Crippen LogP contribution in [0.25, 0.3) is 11.0 Å². The lowest BCUT2D eigenvalue weighted by Gasteiger charge is -2.03. The predicted octanol–water partition coefficient (Wildman–Crippen LogP) is 4.33. The number of fused-ring (bicyclic) bond motifs is 1. The molecule has 0 saturated heterocycles. The second-order valence-electron chi connectivity index (χ2n) is 4.43. The zero-order valence-corrected chi connectivity index (χ0v) is 11.2. The van der Waals surface area contributed by atoms with Crippen LogP contribution in [0.1, 0.15) is 11.1 Å². The second-order valence-corrected chi connectivity index (χ2v) is 5.46. The van der Waals surface area contributed by atoms with Crippen molar-refractivity contribution in [2.45, 2.75) is 23.9 Å². The normalized spacial score (nSPS) is 11.0. The molecule has 1 heterocycles. The number of aromatic nitrogens is 2. The molecule has 0 amide bonds. The Hall–Kier alpha value is -1.74. The summed E-state index contributed by atoms with van der Waals surface area (Å²) in [7, 11) is 0. The number of imidazole rings is 1. The Labute approximate surface area is 110 Å². The van der Waals surface area contributed by atoms with Crippen molar-refractivity contribution < 1.29 is 0 Å². The molecule has 0 bridgehead atoms. The highest BCUT2D eigenvalue weighted by Gasteiger charge is 2.06. The number of nitrogens with zero attached hydrogens (tertiary/aromatic N) is 1. The Morgan fingerprint density at radius 2 is 1.89 bits per heavy atom. The molecular formula is C15H14N2S. The number of hydrogen-bond acceptors (Lipinski definition) is 2. The maximum atomic E-state index is 4.58. The van der Waals surface area contributed by atoms with Crippen LogP contribution < -0.4 is 0 Å². The van der Waals surface area contributed by atoms with Gasteiger partial charge in [0, 0.05) is 4.90 Å². The predicted molar refractivity (Wildman–Crippen MR) is 76.1 cm³/mol. The van der Waals surface area contributed by atoms with E-state index in [-0.39, 0.29) is 0 Å². The van der Waals surface area contributed by atoms with Gasteiger partial charge in [-0.15, -0.1) is 0 Å². The Kier molecular flexibility index (Phi) is 2.84. The number of para-hydroxylation sites is 2. The molecule has 1 aromatic heterocycles. The van der Waals surface area contributed by atoms with Crippen LogP contribution in [0.15, 0.2) is 52.5 Å². The molecule has 3 aromatic rings. The highest BCUT2D eigenvalue weighted by Crippen LogP contribution is 2.29. The van der Waals surface area contributed by atoms with Crippen molar-refractivity contribution in [2.75, 3.05) is 0 Å². The Bertz CT molecular complexity index is 668. The van der Waals surface area contributed by atoms with Crippen molar-refractivity contribution in [3.8, 4) is 0 Å². The monoisotopic (exact) mass is 254 g/mol. The molecule has 0 atom stereocenters. The standard InChI is InChI=1S/C15H14N2S/c1-10-7-8-14(11(2)9-10)18-15-16-12-5-3-4-6-13(12)17-15/h3-9H,1-2H3,(H,16,17). The molecule has 0 saturated carbocycles. The minimum Gasteiger partial charge on any atom is -0.333 e. The van der Waals surface area contributed by atoms with Crippen LogP contribution in [0.2, 0.25) is 0 Å². The smallest absolute Gasteiger partial charge is 0.171 e. The first-order valence-electron chi connectivity index (χ1n) is 5.92. The molecule has 0 radical (unpaired) electrons. The molecule has 0 aliphatic rings. The Morgan fingerprint density at radius 3 is 2.67 bits per heavy atom. The molecule has 0 fully saturated rings. The minimum atomic E-state index is 0.947. The highest BCUT2D eigenvalue weighted by atomic mass is 32.2. The summed E-state index contributed by atoms with van der Waals surface area (Å²) in [5, 5.41) is 0.947. The first kappa shape index (κ1) is 11.4. The van der Waals surface area contributed by atoms with Crippen LogP contribution in [-0.2, 0) is 0 Å². The van der Waals surface area contributed by atoms with E-state index in [0.29, 0.717) is 0 Å². The lowest BCUT2D eigenvalue weighted by atomic mass is 10.2. The van der Waals surface area contributed by atoms with E-state index in [0.717, 1.165) is 16.2 Å². The van der Waals surface area contributed by atoms with Gasteiger partial charge in [-0.25, -0.2) is 4.98 Å². The summed E-state index contributed by atoms with van der Waals surface area (Å²) in [4.78, 5) is 9.17. The lowest BCUT2D eigenvalue weighted by Crippen LogP contribution is -1.82. The van der Waals surface area contributed by atoms with Gasteiger partial charge < -0.3 is 4.98 Å². The van der Waals surface area contributed by atoms with E-state index in [1.165, 1.54) is 16.0 Å². The van der Waals surface area contributed by atoms with Crippen LogP contribution in [0.4, 0.5) is 0 Å². The molecule has 0 aliphatic carbocycles. The summed E-state index contributed by atoms with van der Waals surface area (Å²) in [5.41, 5.74) is 4.69. The number of hydrogen-bond donors (Lipinski definition) is 1. The van der Waals surface area contributed by atoms with E-state index >= 15 is 0 Å². The second kappa shape index (κ2) is 4.50. The molecule has 0 spiro atoms. The number of H-pyrrole nitrogens is 1. The minimum absolute atomic E-state index is 0.947. The molecule has 2 nitrogen and oxygen atoms in total. The highest BCUT2D eigenvalue weighted by molar-refractivity contribution is 7.99. The van der Waals surface area contributed by atoms with E-state index in [2.05, 4.69) is 42.0 Å². The fraction of sp³-hybridized carbons (Fsp3) is 0.133. The summed E-state index contributed by atoms with van der Waals surface area (Å²) in [6.45, 7) is 4.25. The van der Waals surface area contributed by atoms with Gasteiger partial charge in [0.1, 0.15) is 0 Å². The quantitative estimate of drug-likeness (QED) is 0.737.